The van der Waals surface area contributed by atoms with Crippen LogP contribution in [0, 0.1) is 12.7 Å². The number of rotatable bonds is 4. The van der Waals surface area contributed by atoms with Gasteiger partial charge in [0, 0.05) is 18.3 Å². The van der Waals surface area contributed by atoms with Gasteiger partial charge in [-0.2, -0.15) is 0 Å². The highest BCUT2D eigenvalue weighted by Crippen LogP contribution is 2.24. The first kappa shape index (κ1) is 15.3. The number of anilines is 1. The Morgan fingerprint density at radius 3 is 2.67 bits per heavy atom. The molecule has 2 amide bonds. The molecule has 1 aliphatic heterocycles. The van der Waals surface area contributed by atoms with E-state index >= 15 is 0 Å². The third kappa shape index (κ3) is 2.99. The van der Waals surface area contributed by atoms with Crippen molar-refractivity contribution >= 4 is 17.5 Å². The molecule has 5 nitrogen and oxygen atoms in total. The van der Waals surface area contributed by atoms with Crippen LogP contribution in [0.3, 0.4) is 0 Å². The summed E-state index contributed by atoms with van der Waals surface area (Å²) < 4.78 is 13.6. The third-order valence-electron chi connectivity index (χ3n) is 3.76. The van der Waals surface area contributed by atoms with Crippen molar-refractivity contribution < 1.29 is 14.0 Å². The maximum atomic E-state index is 13.6. The fourth-order valence-corrected chi connectivity index (χ4v) is 2.54. The van der Waals surface area contributed by atoms with E-state index in [1.54, 1.807) is 11.8 Å². The third-order valence-corrected chi connectivity index (χ3v) is 3.76. The van der Waals surface area contributed by atoms with Crippen molar-refractivity contribution in [3.8, 4) is 0 Å². The molecule has 0 radical (unpaired) electrons. The average molecular weight is 293 g/mol. The number of hydrogen-bond acceptors (Lipinski definition) is 3. The molecule has 1 aliphatic rings. The molecule has 0 bridgehead atoms. The molecule has 114 valence electrons. The van der Waals surface area contributed by atoms with Crippen LogP contribution in [0.1, 0.15) is 36.2 Å². The molecule has 0 saturated carbocycles. The van der Waals surface area contributed by atoms with Gasteiger partial charge < -0.3 is 16.0 Å². The number of primary amides is 1. The smallest absolute Gasteiger partial charge is 0.250 e. The van der Waals surface area contributed by atoms with Gasteiger partial charge in [-0.15, -0.1) is 0 Å². The molecule has 1 aromatic carbocycles. The number of aryl methyl sites for hydroxylation is 1. The van der Waals surface area contributed by atoms with E-state index in [1.807, 2.05) is 13.8 Å². The molecule has 0 aromatic heterocycles. The summed E-state index contributed by atoms with van der Waals surface area (Å²) in [5.74, 6) is -1.22. The first-order valence-corrected chi connectivity index (χ1v) is 6.98. The Morgan fingerprint density at radius 1 is 1.48 bits per heavy atom. The van der Waals surface area contributed by atoms with Gasteiger partial charge in [0.2, 0.25) is 5.91 Å². The lowest BCUT2D eigenvalue weighted by molar-refractivity contribution is -0.129. The lowest BCUT2D eigenvalue weighted by Gasteiger charge is -2.22. The number of nitrogens with one attached hydrogen (secondary N) is 1. The van der Waals surface area contributed by atoms with Gasteiger partial charge in [0.25, 0.3) is 5.91 Å². The predicted molar refractivity (Wildman–Crippen MR) is 78.5 cm³/mol. The number of benzene rings is 1. The van der Waals surface area contributed by atoms with E-state index in [0.717, 1.165) is 6.07 Å². The van der Waals surface area contributed by atoms with E-state index in [0.29, 0.717) is 24.2 Å². The fourth-order valence-electron chi connectivity index (χ4n) is 2.54. The van der Waals surface area contributed by atoms with E-state index in [-0.39, 0.29) is 17.5 Å². The van der Waals surface area contributed by atoms with Crippen LogP contribution in [0.15, 0.2) is 12.1 Å². The number of nitrogens with two attached hydrogens (primary N) is 1. The SMILES string of the molecule is Cc1cc(N[C@@H]2CCN(C(C)C)C2=O)c(C(N)=O)cc1F. The van der Waals surface area contributed by atoms with Crippen molar-refractivity contribution in [1.29, 1.82) is 0 Å². The minimum atomic E-state index is -0.720. The van der Waals surface area contributed by atoms with Gasteiger partial charge in [-0.1, -0.05) is 0 Å². The number of carbonyl (C=O) groups excluding carboxylic acids is 2. The van der Waals surface area contributed by atoms with E-state index in [4.69, 9.17) is 5.73 Å². The summed E-state index contributed by atoms with van der Waals surface area (Å²) in [7, 11) is 0. The number of amides is 2. The minimum Gasteiger partial charge on any atom is -0.373 e. The monoisotopic (exact) mass is 293 g/mol. The maximum Gasteiger partial charge on any atom is 0.250 e. The molecule has 1 saturated heterocycles. The molecule has 2 rings (SSSR count). The van der Waals surface area contributed by atoms with Gasteiger partial charge in [0.05, 0.1) is 5.56 Å². The number of likely N-dealkylation sites (tertiary alicyclic amines) is 1. The van der Waals surface area contributed by atoms with Crippen molar-refractivity contribution in [2.24, 2.45) is 5.73 Å². The lowest BCUT2D eigenvalue weighted by atomic mass is 10.1. The van der Waals surface area contributed by atoms with Gasteiger partial charge in [-0.25, -0.2) is 4.39 Å². The van der Waals surface area contributed by atoms with Crippen LogP contribution < -0.4 is 11.1 Å². The Morgan fingerprint density at radius 2 is 2.14 bits per heavy atom. The second kappa shape index (κ2) is 5.71. The normalized spacial score (nSPS) is 18.4. The van der Waals surface area contributed by atoms with E-state index in [9.17, 15) is 14.0 Å². The number of hydrogen-bond donors (Lipinski definition) is 2. The zero-order valence-corrected chi connectivity index (χ0v) is 12.4. The number of halogens is 1. The Hall–Kier alpha value is -2.11. The molecule has 1 fully saturated rings. The molecule has 1 heterocycles. The summed E-state index contributed by atoms with van der Waals surface area (Å²) in [5.41, 5.74) is 6.15. The maximum absolute atomic E-state index is 13.6. The topological polar surface area (TPSA) is 75.4 Å². The summed E-state index contributed by atoms with van der Waals surface area (Å²) in [5, 5.41) is 3.03. The van der Waals surface area contributed by atoms with Crippen molar-refractivity contribution in [3.63, 3.8) is 0 Å². The summed E-state index contributed by atoms with van der Waals surface area (Å²) in [6, 6.07) is 2.35. The van der Waals surface area contributed by atoms with Crippen LogP contribution in [0.25, 0.3) is 0 Å². The van der Waals surface area contributed by atoms with Gasteiger partial charge in [-0.3, -0.25) is 9.59 Å². The molecule has 0 unspecified atom stereocenters. The zero-order valence-electron chi connectivity index (χ0n) is 12.4. The van der Waals surface area contributed by atoms with Gasteiger partial charge >= 0.3 is 0 Å². The quantitative estimate of drug-likeness (QED) is 0.886. The first-order valence-electron chi connectivity index (χ1n) is 6.98. The van der Waals surface area contributed by atoms with Crippen molar-refractivity contribution in [3.05, 3.63) is 29.1 Å². The van der Waals surface area contributed by atoms with E-state index in [2.05, 4.69) is 5.32 Å². The first-order chi connectivity index (χ1) is 9.81. The van der Waals surface area contributed by atoms with Gasteiger partial charge in [0.1, 0.15) is 11.9 Å². The number of carbonyl (C=O) groups is 2. The molecule has 0 spiro atoms. The van der Waals surface area contributed by atoms with Crippen LogP contribution in [0.4, 0.5) is 10.1 Å². The highest BCUT2D eigenvalue weighted by molar-refractivity contribution is 5.99. The van der Waals surface area contributed by atoms with Crippen LogP contribution in [-0.2, 0) is 4.79 Å². The summed E-state index contributed by atoms with van der Waals surface area (Å²) in [6.07, 6.45) is 0.644. The Kier molecular flexibility index (Phi) is 4.16. The summed E-state index contributed by atoms with van der Waals surface area (Å²) in [6.45, 7) is 6.18. The van der Waals surface area contributed by atoms with Crippen LogP contribution in [-0.4, -0.2) is 35.3 Å². The summed E-state index contributed by atoms with van der Waals surface area (Å²) >= 11 is 0. The molecular formula is C15H20FN3O2. The molecular weight excluding hydrogens is 273 g/mol. The highest BCUT2D eigenvalue weighted by atomic mass is 19.1. The lowest BCUT2D eigenvalue weighted by Crippen LogP contribution is -2.37. The zero-order chi connectivity index (χ0) is 15.7. The molecule has 6 heteroatoms. The average Bonchev–Trinajstić information content (AvgIpc) is 2.75. The predicted octanol–water partition coefficient (Wildman–Crippen LogP) is 1.65. The fraction of sp³-hybridized carbons (Fsp3) is 0.467. The Labute approximate surface area is 123 Å². The standard InChI is InChI=1S/C15H20FN3O2/c1-8(2)19-5-4-12(15(19)21)18-13-6-9(3)11(16)7-10(13)14(17)20/h6-8,12,18H,4-5H2,1-3H3,(H2,17,20)/t12-/m1/s1. The van der Waals surface area contributed by atoms with Crippen LogP contribution >= 0.6 is 0 Å². The largest absolute Gasteiger partial charge is 0.373 e. The molecule has 1 atom stereocenters. The Bertz CT molecular complexity index is 587. The molecule has 3 N–H and O–H groups in total. The molecule has 1 aromatic rings. The van der Waals surface area contributed by atoms with Crippen molar-refractivity contribution in [1.82, 2.24) is 4.90 Å². The van der Waals surface area contributed by atoms with Gasteiger partial charge in [-0.05, 0) is 44.9 Å². The summed E-state index contributed by atoms with van der Waals surface area (Å²) in [4.78, 5) is 25.5. The Balaban J connectivity index is 2.26. The number of nitrogens with zero attached hydrogens (tertiary/aromatic N) is 1. The molecule has 21 heavy (non-hydrogen) atoms. The van der Waals surface area contributed by atoms with Gasteiger partial charge in [0.15, 0.2) is 0 Å². The van der Waals surface area contributed by atoms with E-state index < -0.39 is 17.8 Å². The second-order valence-electron chi connectivity index (χ2n) is 5.62. The van der Waals surface area contributed by atoms with Crippen LogP contribution in [0.5, 0.6) is 0 Å². The van der Waals surface area contributed by atoms with Crippen molar-refractivity contribution in [2.45, 2.75) is 39.3 Å². The minimum absolute atomic E-state index is 0.0117. The highest BCUT2D eigenvalue weighted by Gasteiger charge is 2.33. The van der Waals surface area contributed by atoms with Crippen LogP contribution in [0.2, 0.25) is 0 Å². The van der Waals surface area contributed by atoms with Crippen molar-refractivity contribution in [2.75, 3.05) is 11.9 Å². The molecule has 0 aliphatic carbocycles. The van der Waals surface area contributed by atoms with E-state index in [1.165, 1.54) is 6.07 Å². The second-order valence-corrected chi connectivity index (χ2v) is 5.62.